The molecule has 1 N–H and O–H groups in total. The Kier molecular flexibility index (Phi) is 3.66. The number of rotatable bonds is 3. The van der Waals surface area contributed by atoms with Gasteiger partial charge in [-0.1, -0.05) is 18.7 Å². The minimum absolute atomic E-state index is 0.568. The van der Waals surface area contributed by atoms with Crippen LogP contribution in [0.3, 0.4) is 0 Å². The van der Waals surface area contributed by atoms with Crippen LogP contribution in [0, 0.1) is 0 Å². The van der Waals surface area contributed by atoms with Crippen molar-refractivity contribution in [2.75, 3.05) is 18.5 Å². The summed E-state index contributed by atoms with van der Waals surface area (Å²) in [6.07, 6.45) is 1.76. The lowest BCUT2D eigenvalue weighted by atomic mass is 10.4. The molecule has 1 aliphatic heterocycles. The first kappa shape index (κ1) is 11.3. The molecular weight excluding hydrogens is 222 g/mol. The molecule has 0 bridgehead atoms. The molecule has 1 aromatic rings. The van der Waals surface area contributed by atoms with Crippen LogP contribution in [-0.4, -0.2) is 28.6 Å². The maximum absolute atomic E-state index is 5.27. The van der Waals surface area contributed by atoms with Crippen molar-refractivity contribution in [1.29, 1.82) is 0 Å². The smallest absolute Gasteiger partial charge is 0.213 e. The molecule has 0 saturated carbocycles. The second-order valence-corrected chi connectivity index (χ2v) is 4.94. The van der Waals surface area contributed by atoms with Gasteiger partial charge in [0.1, 0.15) is 0 Å². The molecule has 2 heterocycles. The number of thioether (sulfide) groups is 1. The normalized spacial score (nSPS) is 19.4. The minimum atomic E-state index is 0.568. The molecule has 0 spiro atoms. The van der Waals surface area contributed by atoms with Crippen molar-refractivity contribution < 1.29 is 4.74 Å². The van der Waals surface area contributed by atoms with Crippen LogP contribution in [-0.2, 0) is 0 Å². The van der Waals surface area contributed by atoms with Crippen LogP contribution in [0.25, 0.3) is 0 Å². The number of nitrogens with one attached hydrogen (secondary N) is 1. The van der Waals surface area contributed by atoms with E-state index < -0.39 is 0 Å². The summed E-state index contributed by atoms with van der Waals surface area (Å²) in [5.74, 6) is 0.655. The lowest BCUT2D eigenvalue weighted by Crippen LogP contribution is -2.06. The predicted octanol–water partition coefficient (Wildman–Crippen LogP) is 2.38. The zero-order chi connectivity index (χ0) is 11.4. The summed E-state index contributed by atoms with van der Waals surface area (Å²) in [6, 6.07) is 3.81. The van der Waals surface area contributed by atoms with Crippen LogP contribution < -0.4 is 10.1 Å². The molecule has 0 amide bonds. The quantitative estimate of drug-likeness (QED) is 0.876. The molecule has 0 aliphatic carbocycles. The Morgan fingerprint density at radius 2 is 2.44 bits per heavy atom. The monoisotopic (exact) mass is 237 g/mol. The molecule has 5 heteroatoms. The largest absolute Gasteiger partial charge is 0.478 e. The summed E-state index contributed by atoms with van der Waals surface area (Å²) in [7, 11) is 0. The van der Waals surface area contributed by atoms with E-state index in [-0.39, 0.29) is 0 Å². The van der Waals surface area contributed by atoms with Gasteiger partial charge < -0.3 is 10.1 Å². The van der Waals surface area contributed by atoms with Gasteiger partial charge in [0, 0.05) is 11.3 Å². The van der Waals surface area contributed by atoms with Gasteiger partial charge in [-0.25, -0.2) is 4.98 Å². The Hall–Kier alpha value is -1.23. The highest BCUT2D eigenvalue weighted by atomic mass is 32.2. The van der Waals surface area contributed by atoms with E-state index in [0.29, 0.717) is 17.7 Å². The predicted molar refractivity (Wildman–Crippen MR) is 68.4 cm³/mol. The molecule has 16 heavy (non-hydrogen) atoms. The summed E-state index contributed by atoms with van der Waals surface area (Å²) < 4.78 is 5.27. The second kappa shape index (κ2) is 5.21. The van der Waals surface area contributed by atoms with Gasteiger partial charge in [0.25, 0.3) is 0 Å². The number of ether oxygens (including phenoxy) is 1. The van der Waals surface area contributed by atoms with Gasteiger partial charge >= 0.3 is 0 Å². The maximum Gasteiger partial charge on any atom is 0.213 e. The van der Waals surface area contributed by atoms with Gasteiger partial charge in [0.05, 0.1) is 25.0 Å². The van der Waals surface area contributed by atoms with Crippen molar-refractivity contribution in [2.45, 2.75) is 19.1 Å². The summed E-state index contributed by atoms with van der Waals surface area (Å²) in [5, 5.41) is 4.77. The van der Waals surface area contributed by atoms with Crippen LogP contribution in [0.4, 0.5) is 5.69 Å². The van der Waals surface area contributed by atoms with Crippen LogP contribution in [0.5, 0.6) is 5.88 Å². The van der Waals surface area contributed by atoms with E-state index in [1.54, 1.807) is 18.0 Å². The Morgan fingerprint density at radius 1 is 1.56 bits per heavy atom. The topological polar surface area (TPSA) is 46.5 Å². The third-order valence-corrected chi connectivity index (χ3v) is 3.09. The number of pyridine rings is 1. The lowest BCUT2D eigenvalue weighted by Gasteiger charge is -2.06. The molecule has 0 fully saturated rings. The van der Waals surface area contributed by atoms with Gasteiger partial charge in [0.15, 0.2) is 5.17 Å². The number of anilines is 1. The van der Waals surface area contributed by atoms with E-state index in [2.05, 4.69) is 22.2 Å². The van der Waals surface area contributed by atoms with Crippen molar-refractivity contribution in [3.8, 4) is 5.88 Å². The highest BCUT2D eigenvalue weighted by Gasteiger charge is 2.14. The fourth-order valence-corrected chi connectivity index (χ4v) is 2.21. The van der Waals surface area contributed by atoms with Gasteiger partial charge in [0.2, 0.25) is 5.88 Å². The molecular formula is C11H15N3OS. The molecule has 0 saturated heterocycles. The zero-order valence-corrected chi connectivity index (χ0v) is 10.3. The molecule has 0 radical (unpaired) electrons. The Balaban J connectivity index is 1.95. The summed E-state index contributed by atoms with van der Waals surface area (Å²) in [5.41, 5.74) is 0.948. The molecule has 1 unspecified atom stereocenters. The summed E-state index contributed by atoms with van der Waals surface area (Å²) in [6.45, 7) is 5.63. The fourth-order valence-electron chi connectivity index (χ4n) is 1.36. The Morgan fingerprint density at radius 3 is 3.00 bits per heavy atom. The van der Waals surface area contributed by atoms with Gasteiger partial charge in [-0.05, 0) is 13.0 Å². The van der Waals surface area contributed by atoms with E-state index >= 15 is 0 Å². The first-order chi connectivity index (χ1) is 7.78. The second-order valence-electron chi connectivity index (χ2n) is 3.52. The number of hydrogen-bond acceptors (Lipinski definition) is 5. The minimum Gasteiger partial charge on any atom is -0.478 e. The van der Waals surface area contributed by atoms with Crippen molar-refractivity contribution in [1.82, 2.24) is 4.98 Å². The lowest BCUT2D eigenvalue weighted by molar-refractivity contribution is 0.327. The first-order valence-corrected chi connectivity index (χ1v) is 6.23. The Bertz CT molecular complexity index is 377. The number of aliphatic imine (C=N–C) groups is 1. The van der Waals surface area contributed by atoms with Crippen molar-refractivity contribution >= 4 is 22.6 Å². The molecule has 1 aliphatic rings. The number of nitrogens with zero attached hydrogens (tertiary/aromatic N) is 2. The van der Waals surface area contributed by atoms with Crippen LogP contribution in [0.2, 0.25) is 0 Å². The molecule has 1 atom stereocenters. The zero-order valence-electron chi connectivity index (χ0n) is 9.43. The van der Waals surface area contributed by atoms with Gasteiger partial charge in [-0.15, -0.1) is 0 Å². The summed E-state index contributed by atoms with van der Waals surface area (Å²) >= 11 is 1.75. The highest BCUT2D eigenvalue weighted by molar-refractivity contribution is 8.15. The van der Waals surface area contributed by atoms with E-state index in [1.807, 2.05) is 19.1 Å². The molecule has 86 valence electrons. The average Bonchev–Trinajstić information content (AvgIpc) is 2.67. The standard InChI is InChI=1S/C11H15N3OS/c1-3-15-10-5-4-9(7-12-10)14-11-13-6-8(2)16-11/h4-5,7-8H,3,6H2,1-2H3,(H,13,14). The van der Waals surface area contributed by atoms with E-state index in [4.69, 9.17) is 4.74 Å². The van der Waals surface area contributed by atoms with E-state index in [9.17, 15) is 0 Å². The summed E-state index contributed by atoms with van der Waals surface area (Å²) in [4.78, 5) is 8.56. The van der Waals surface area contributed by atoms with Crippen LogP contribution in [0.15, 0.2) is 23.3 Å². The highest BCUT2D eigenvalue weighted by Crippen LogP contribution is 2.22. The molecule has 0 aromatic carbocycles. The average molecular weight is 237 g/mol. The number of amidine groups is 1. The van der Waals surface area contributed by atoms with Gasteiger partial charge in [-0.2, -0.15) is 0 Å². The van der Waals surface area contributed by atoms with Crippen LogP contribution in [0.1, 0.15) is 13.8 Å². The van der Waals surface area contributed by atoms with Crippen molar-refractivity contribution in [3.05, 3.63) is 18.3 Å². The van der Waals surface area contributed by atoms with E-state index in [1.165, 1.54) is 0 Å². The van der Waals surface area contributed by atoms with Crippen molar-refractivity contribution in [2.24, 2.45) is 4.99 Å². The molecule has 4 nitrogen and oxygen atoms in total. The third-order valence-electron chi connectivity index (χ3n) is 2.08. The maximum atomic E-state index is 5.27. The first-order valence-electron chi connectivity index (χ1n) is 5.35. The fraction of sp³-hybridized carbons (Fsp3) is 0.455. The third kappa shape index (κ3) is 2.88. The van der Waals surface area contributed by atoms with E-state index in [0.717, 1.165) is 17.4 Å². The Labute approximate surface area is 99.5 Å². The van der Waals surface area contributed by atoms with Gasteiger partial charge in [-0.3, -0.25) is 4.99 Å². The molecule has 1 aromatic heterocycles. The molecule has 2 rings (SSSR count). The van der Waals surface area contributed by atoms with Crippen molar-refractivity contribution in [3.63, 3.8) is 0 Å². The SMILES string of the molecule is CCOc1ccc(NC2=NCC(C)S2)cn1. The number of hydrogen-bond donors (Lipinski definition) is 1. The van der Waals surface area contributed by atoms with Crippen LogP contribution >= 0.6 is 11.8 Å². The number of aromatic nitrogens is 1.